The Balaban J connectivity index is 1.41. The molecule has 1 aliphatic rings. The van der Waals surface area contributed by atoms with E-state index in [1.54, 1.807) is 0 Å². The topological polar surface area (TPSA) is 87.4 Å². The molecule has 160 valence electrons. The molecule has 1 aromatic heterocycles. The number of hydrogen-bond acceptors (Lipinski definition) is 7. The van der Waals surface area contributed by atoms with Crippen LogP contribution in [0.3, 0.4) is 0 Å². The van der Waals surface area contributed by atoms with E-state index in [4.69, 9.17) is 0 Å². The van der Waals surface area contributed by atoms with Crippen LogP contribution in [0.5, 0.6) is 0 Å². The van der Waals surface area contributed by atoms with Crippen LogP contribution in [-0.4, -0.2) is 52.5 Å². The van der Waals surface area contributed by atoms with Gasteiger partial charge in [-0.2, -0.15) is 0 Å². The molecule has 0 atom stereocenters. The normalized spacial score (nSPS) is 14.4. The van der Waals surface area contributed by atoms with Gasteiger partial charge in [-0.05, 0) is 17.5 Å². The predicted octanol–water partition coefficient (Wildman–Crippen LogP) is 3.36. The summed E-state index contributed by atoms with van der Waals surface area (Å²) in [5.41, 5.74) is 2.39. The quantitative estimate of drug-likeness (QED) is 0.443. The SMILES string of the molecule is O=[N+]([O-])c1c(NCCc2ccccc2)ncnc1N1CCN(Cc2ccccc2)CC1. The van der Waals surface area contributed by atoms with Gasteiger partial charge in [0.15, 0.2) is 0 Å². The van der Waals surface area contributed by atoms with Crippen molar-refractivity contribution in [3.63, 3.8) is 0 Å². The molecule has 2 aromatic carbocycles. The minimum Gasteiger partial charge on any atom is -0.364 e. The van der Waals surface area contributed by atoms with Crippen molar-refractivity contribution in [2.45, 2.75) is 13.0 Å². The zero-order valence-electron chi connectivity index (χ0n) is 17.4. The summed E-state index contributed by atoms with van der Waals surface area (Å²) in [6.45, 7) is 4.47. The first-order chi connectivity index (χ1) is 15.2. The zero-order valence-corrected chi connectivity index (χ0v) is 17.4. The Kier molecular flexibility index (Phi) is 6.68. The van der Waals surface area contributed by atoms with E-state index in [0.717, 1.165) is 26.1 Å². The maximum absolute atomic E-state index is 11.9. The van der Waals surface area contributed by atoms with Gasteiger partial charge in [0.25, 0.3) is 0 Å². The maximum Gasteiger partial charge on any atom is 0.353 e. The average molecular weight is 419 g/mol. The highest BCUT2D eigenvalue weighted by Crippen LogP contribution is 2.32. The third-order valence-corrected chi connectivity index (χ3v) is 5.46. The summed E-state index contributed by atoms with van der Waals surface area (Å²) in [6, 6.07) is 20.4. The second-order valence-corrected chi connectivity index (χ2v) is 7.56. The van der Waals surface area contributed by atoms with Crippen LogP contribution in [0.15, 0.2) is 67.0 Å². The summed E-state index contributed by atoms with van der Waals surface area (Å²) in [4.78, 5) is 24.3. The Hall–Kier alpha value is -3.52. The van der Waals surface area contributed by atoms with Crippen LogP contribution >= 0.6 is 0 Å². The van der Waals surface area contributed by atoms with E-state index in [1.807, 2.05) is 53.4 Å². The lowest BCUT2D eigenvalue weighted by Crippen LogP contribution is -2.46. The molecule has 2 heterocycles. The first kappa shape index (κ1) is 20.7. The van der Waals surface area contributed by atoms with Gasteiger partial charge in [0, 0.05) is 39.3 Å². The summed E-state index contributed by atoms with van der Waals surface area (Å²) in [5, 5.41) is 15.0. The number of nitrogens with one attached hydrogen (secondary N) is 1. The first-order valence-electron chi connectivity index (χ1n) is 10.5. The molecule has 31 heavy (non-hydrogen) atoms. The van der Waals surface area contributed by atoms with Crippen molar-refractivity contribution in [3.8, 4) is 0 Å². The number of hydrogen-bond donors (Lipinski definition) is 1. The summed E-state index contributed by atoms with van der Waals surface area (Å²) < 4.78 is 0. The van der Waals surface area contributed by atoms with Crippen molar-refractivity contribution in [2.75, 3.05) is 42.9 Å². The van der Waals surface area contributed by atoms with Gasteiger partial charge in [-0.1, -0.05) is 60.7 Å². The Morgan fingerprint density at radius 2 is 1.55 bits per heavy atom. The van der Waals surface area contributed by atoms with Crippen molar-refractivity contribution >= 4 is 17.3 Å². The average Bonchev–Trinajstić information content (AvgIpc) is 2.81. The number of aromatic nitrogens is 2. The number of nitrogens with zero attached hydrogens (tertiary/aromatic N) is 5. The fourth-order valence-corrected chi connectivity index (χ4v) is 3.83. The van der Waals surface area contributed by atoms with Crippen LogP contribution in [0.25, 0.3) is 0 Å². The van der Waals surface area contributed by atoms with Crippen LogP contribution < -0.4 is 10.2 Å². The van der Waals surface area contributed by atoms with Gasteiger partial charge in [-0.25, -0.2) is 9.97 Å². The molecule has 0 bridgehead atoms. The van der Waals surface area contributed by atoms with E-state index in [2.05, 4.69) is 32.3 Å². The molecular weight excluding hydrogens is 392 g/mol. The molecule has 8 nitrogen and oxygen atoms in total. The Morgan fingerprint density at radius 1 is 0.903 bits per heavy atom. The molecule has 4 rings (SSSR count). The minimum atomic E-state index is -0.378. The van der Waals surface area contributed by atoms with Crippen molar-refractivity contribution in [1.82, 2.24) is 14.9 Å². The molecule has 0 aliphatic carbocycles. The van der Waals surface area contributed by atoms with Crippen LogP contribution in [0.4, 0.5) is 17.3 Å². The fourth-order valence-electron chi connectivity index (χ4n) is 3.83. The van der Waals surface area contributed by atoms with Crippen molar-refractivity contribution in [3.05, 3.63) is 88.2 Å². The summed E-state index contributed by atoms with van der Waals surface area (Å²) in [7, 11) is 0. The molecule has 0 amide bonds. The largest absolute Gasteiger partial charge is 0.364 e. The number of anilines is 2. The molecular formula is C23H26N6O2. The van der Waals surface area contributed by atoms with Crippen LogP contribution in [0.1, 0.15) is 11.1 Å². The van der Waals surface area contributed by atoms with Gasteiger partial charge in [0.1, 0.15) is 6.33 Å². The Morgan fingerprint density at radius 3 is 2.19 bits per heavy atom. The molecule has 1 N–H and O–H groups in total. The fraction of sp³-hybridized carbons (Fsp3) is 0.304. The molecule has 3 aromatic rings. The zero-order chi connectivity index (χ0) is 21.5. The van der Waals surface area contributed by atoms with Crippen LogP contribution in [-0.2, 0) is 13.0 Å². The number of nitro groups is 1. The van der Waals surface area contributed by atoms with Gasteiger partial charge >= 0.3 is 5.69 Å². The van der Waals surface area contributed by atoms with E-state index in [0.29, 0.717) is 25.5 Å². The highest BCUT2D eigenvalue weighted by atomic mass is 16.6. The lowest BCUT2D eigenvalue weighted by molar-refractivity contribution is -0.383. The first-order valence-corrected chi connectivity index (χ1v) is 10.5. The van der Waals surface area contributed by atoms with Crippen molar-refractivity contribution < 1.29 is 4.92 Å². The smallest absolute Gasteiger partial charge is 0.353 e. The molecule has 0 unspecified atom stereocenters. The Labute approximate surface area is 181 Å². The summed E-state index contributed by atoms with van der Waals surface area (Å²) in [5.74, 6) is 0.666. The predicted molar refractivity (Wildman–Crippen MR) is 121 cm³/mol. The highest BCUT2D eigenvalue weighted by Gasteiger charge is 2.29. The van der Waals surface area contributed by atoms with Crippen LogP contribution in [0, 0.1) is 10.1 Å². The van der Waals surface area contributed by atoms with Gasteiger partial charge in [0.05, 0.1) is 4.92 Å². The summed E-state index contributed by atoms with van der Waals surface area (Å²) in [6.07, 6.45) is 2.17. The molecule has 0 radical (unpaired) electrons. The van der Waals surface area contributed by atoms with E-state index < -0.39 is 0 Å². The second-order valence-electron chi connectivity index (χ2n) is 7.56. The number of rotatable bonds is 8. The molecule has 8 heteroatoms. The van der Waals surface area contributed by atoms with Gasteiger partial charge in [-0.15, -0.1) is 0 Å². The minimum absolute atomic E-state index is 0.0490. The molecule has 1 saturated heterocycles. The third-order valence-electron chi connectivity index (χ3n) is 5.46. The van der Waals surface area contributed by atoms with Crippen molar-refractivity contribution in [1.29, 1.82) is 0 Å². The molecule has 1 aliphatic heterocycles. The molecule has 0 saturated carbocycles. The van der Waals surface area contributed by atoms with E-state index >= 15 is 0 Å². The lowest BCUT2D eigenvalue weighted by atomic mass is 10.1. The molecule has 1 fully saturated rings. The van der Waals surface area contributed by atoms with E-state index in [-0.39, 0.29) is 16.4 Å². The van der Waals surface area contributed by atoms with Gasteiger partial charge < -0.3 is 10.2 Å². The van der Waals surface area contributed by atoms with Gasteiger partial charge in [-0.3, -0.25) is 15.0 Å². The monoisotopic (exact) mass is 418 g/mol. The number of piperazine rings is 1. The maximum atomic E-state index is 11.9. The standard InChI is InChI=1S/C23H26N6O2/c30-29(31)21-22(24-12-11-19-7-3-1-4-8-19)25-18-26-23(21)28-15-13-27(14-16-28)17-20-9-5-2-6-10-20/h1-10,18H,11-17H2,(H,24,25,26). The van der Waals surface area contributed by atoms with Crippen molar-refractivity contribution in [2.24, 2.45) is 0 Å². The summed E-state index contributed by atoms with van der Waals surface area (Å²) >= 11 is 0. The van der Waals surface area contributed by atoms with Crippen LogP contribution in [0.2, 0.25) is 0 Å². The highest BCUT2D eigenvalue weighted by molar-refractivity contribution is 5.70. The van der Waals surface area contributed by atoms with E-state index in [9.17, 15) is 10.1 Å². The van der Waals surface area contributed by atoms with Gasteiger partial charge in [0.2, 0.25) is 11.6 Å². The Bertz CT molecular complexity index is 991. The number of benzene rings is 2. The molecule has 0 spiro atoms. The third kappa shape index (κ3) is 5.35. The lowest BCUT2D eigenvalue weighted by Gasteiger charge is -2.35. The second kappa shape index (κ2) is 9.99. The van der Waals surface area contributed by atoms with E-state index in [1.165, 1.54) is 17.5 Å².